The molecule has 2 aromatic carbocycles. The van der Waals surface area contributed by atoms with E-state index in [9.17, 15) is 4.79 Å². The number of anilines is 3. The van der Waals surface area contributed by atoms with Crippen LogP contribution in [0.2, 0.25) is 0 Å². The molecular weight excluding hydrogens is 466 g/mol. The minimum Gasteiger partial charge on any atom is -0.493 e. The maximum atomic E-state index is 12.1. The third-order valence-electron chi connectivity index (χ3n) is 6.72. The number of methoxy groups -OCH3 is 1. The van der Waals surface area contributed by atoms with E-state index >= 15 is 0 Å². The SMILES string of the molecule is CC.COC(=O)c1ccncc1NC[C@@H]1CCOc2cc(N(C)c3ccc(OCC4CC4)cc3)ccc21.[HH]. The molecule has 1 fully saturated rings. The Morgan fingerprint density at radius 3 is 2.59 bits per heavy atom. The van der Waals surface area contributed by atoms with Gasteiger partial charge in [0, 0.05) is 44.6 Å². The molecule has 7 nitrogen and oxygen atoms in total. The van der Waals surface area contributed by atoms with E-state index in [1.165, 1.54) is 20.0 Å². The summed E-state index contributed by atoms with van der Waals surface area (Å²) in [6.07, 6.45) is 6.72. The quantitative estimate of drug-likeness (QED) is 0.325. The summed E-state index contributed by atoms with van der Waals surface area (Å²) >= 11 is 0. The third-order valence-corrected chi connectivity index (χ3v) is 6.72. The average molecular weight is 506 g/mol. The summed E-state index contributed by atoms with van der Waals surface area (Å²) in [5.74, 6) is 2.44. The molecule has 1 aliphatic heterocycles. The number of nitrogens with one attached hydrogen (secondary N) is 1. The minimum absolute atomic E-state index is 0. The predicted molar refractivity (Wildman–Crippen MR) is 150 cm³/mol. The lowest BCUT2D eigenvalue weighted by Crippen LogP contribution is -2.22. The van der Waals surface area contributed by atoms with E-state index in [1.807, 2.05) is 26.0 Å². The molecule has 0 bridgehead atoms. The van der Waals surface area contributed by atoms with Crippen LogP contribution in [0.25, 0.3) is 0 Å². The first-order chi connectivity index (χ1) is 18.1. The van der Waals surface area contributed by atoms with Crippen LogP contribution in [0.15, 0.2) is 60.9 Å². The van der Waals surface area contributed by atoms with Crippen molar-refractivity contribution in [3.8, 4) is 11.5 Å². The molecule has 2 heterocycles. The van der Waals surface area contributed by atoms with Crippen molar-refractivity contribution in [2.24, 2.45) is 5.92 Å². The number of rotatable bonds is 9. The summed E-state index contributed by atoms with van der Waals surface area (Å²) in [7, 11) is 3.44. The van der Waals surface area contributed by atoms with Crippen molar-refractivity contribution >= 4 is 23.0 Å². The molecule has 198 valence electrons. The second kappa shape index (κ2) is 12.5. The molecule has 0 saturated heterocycles. The number of carbonyl (C=O) groups is 1. The smallest absolute Gasteiger partial charge is 0.340 e. The van der Waals surface area contributed by atoms with Crippen LogP contribution in [0.5, 0.6) is 11.5 Å². The molecule has 2 aliphatic rings. The van der Waals surface area contributed by atoms with Crippen LogP contribution in [0.4, 0.5) is 17.1 Å². The summed E-state index contributed by atoms with van der Waals surface area (Å²) in [6.45, 7) is 6.14. The molecule has 37 heavy (non-hydrogen) atoms. The third kappa shape index (κ3) is 6.53. The number of nitrogens with zero attached hydrogens (tertiary/aromatic N) is 2. The van der Waals surface area contributed by atoms with Crippen LogP contribution < -0.4 is 19.7 Å². The van der Waals surface area contributed by atoms with Crippen LogP contribution >= 0.6 is 0 Å². The van der Waals surface area contributed by atoms with E-state index < -0.39 is 0 Å². The Morgan fingerprint density at radius 1 is 1.11 bits per heavy atom. The van der Waals surface area contributed by atoms with Gasteiger partial charge in [-0.1, -0.05) is 19.9 Å². The van der Waals surface area contributed by atoms with Gasteiger partial charge in [0.25, 0.3) is 0 Å². The van der Waals surface area contributed by atoms with E-state index in [0.29, 0.717) is 24.4 Å². The number of esters is 1. The Kier molecular flexibility index (Phi) is 8.88. The van der Waals surface area contributed by atoms with E-state index in [2.05, 4.69) is 52.6 Å². The van der Waals surface area contributed by atoms with Crippen LogP contribution in [-0.2, 0) is 4.74 Å². The number of benzene rings is 2. The molecule has 0 radical (unpaired) electrons. The zero-order valence-electron chi connectivity index (χ0n) is 22.2. The number of aromatic nitrogens is 1. The first-order valence-corrected chi connectivity index (χ1v) is 13.1. The topological polar surface area (TPSA) is 72.9 Å². The lowest BCUT2D eigenvalue weighted by Gasteiger charge is -2.28. The summed E-state index contributed by atoms with van der Waals surface area (Å²) in [5, 5.41) is 3.39. The standard InChI is InChI=1S/C28H31N3O4.C2H6.H2/c1-31(21-5-8-23(9-6-21)35-18-19-3-4-19)22-7-10-24-20(12-14-34-27(24)15-22)16-30-26-17-29-13-11-25(26)28(32)33-2;1-2;/h5-11,13,15,17,19-20,30H,3-4,12,14,16,18H2,1-2H3;1-2H3;1H/t20-;;/m0../s1. The Labute approximate surface area is 221 Å². The van der Waals surface area contributed by atoms with Crippen LogP contribution in [0, 0.1) is 5.92 Å². The lowest BCUT2D eigenvalue weighted by atomic mass is 9.92. The fraction of sp³-hybridized carbons (Fsp3) is 0.400. The zero-order chi connectivity index (χ0) is 26.2. The molecule has 0 amide bonds. The highest BCUT2D eigenvalue weighted by Gasteiger charge is 2.24. The van der Waals surface area contributed by atoms with Gasteiger partial charge in [-0.15, -0.1) is 0 Å². The van der Waals surface area contributed by atoms with Gasteiger partial charge in [-0.25, -0.2) is 4.79 Å². The largest absolute Gasteiger partial charge is 0.493 e. The Morgan fingerprint density at radius 2 is 1.86 bits per heavy atom. The van der Waals surface area contributed by atoms with Crippen molar-refractivity contribution in [3.05, 3.63) is 72.1 Å². The van der Waals surface area contributed by atoms with E-state index in [1.54, 1.807) is 18.5 Å². The van der Waals surface area contributed by atoms with Crippen molar-refractivity contribution in [2.45, 2.75) is 39.0 Å². The van der Waals surface area contributed by atoms with Crippen molar-refractivity contribution < 1.29 is 20.4 Å². The molecule has 1 aromatic heterocycles. The highest BCUT2D eigenvalue weighted by molar-refractivity contribution is 5.95. The van der Waals surface area contributed by atoms with Gasteiger partial charge >= 0.3 is 5.97 Å². The van der Waals surface area contributed by atoms with Crippen LogP contribution in [0.3, 0.4) is 0 Å². The van der Waals surface area contributed by atoms with Gasteiger partial charge in [-0.05, 0) is 67.1 Å². The molecule has 0 spiro atoms. The second-order valence-corrected chi connectivity index (χ2v) is 9.16. The molecule has 7 heteroatoms. The molecule has 1 N–H and O–H groups in total. The molecule has 1 saturated carbocycles. The van der Waals surface area contributed by atoms with Gasteiger partial charge in [0.1, 0.15) is 11.5 Å². The Balaban J connectivity index is 0.00000130. The van der Waals surface area contributed by atoms with Crippen LogP contribution in [-0.4, -0.2) is 44.9 Å². The number of hydrogen-bond acceptors (Lipinski definition) is 7. The Bertz CT molecular complexity index is 1180. The molecule has 3 aromatic rings. The zero-order valence-corrected chi connectivity index (χ0v) is 22.2. The summed E-state index contributed by atoms with van der Waals surface area (Å²) < 4.78 is 16.8. The van der Waals surface area contributed by atoms with Gasteiger partial charge in [0.05, 0.1) is 37.8 Å². The van der Waals surface area contributed by atoms with Crippen molar-refractivity contribution in [1.29, 1.82) is 0 Å². The van der Waals surface area contributed by atoms with Crippen molar-refractivity contribution in [3.63, 3.8) is 0 Å². The molecular formula is C30H39N3O4. The normalized spacial score (nSPS) is 15.8. The first kappa shape index (κ1) is 26.3. The molecule has 5 rings (SSSR count). The van der Waals surface area contributed by atoms with Gasteiger partial charge in [-0.2, -0.15) is 0 Å². The summed E-state index contributed by atoms with van der Waals surface area (Å²) in [5.41, 5.74) is 4.46. The summed E-state index contributed by atoms with van der Waals surface area (Å²) in [4.78, 5) is 18.4. The fourth-order valence-corrected chi connectivity index (χ4v) is 4.34. The monoisotopic (exact) mass is 505 g/mol. The van der Waals surface area contributed by atoms with E-state index in [-0.39, 0.29) is 13.3 Å². The number of carbonyl (C=O) groups excluding carboxylic acids is 1. The van der Waals surface area contributed by atoms with Crippen molar-refractivity contribution in [1.82, 2.24) is 4.98 Å². The second-order valence-electron chi connectivity index (χ2n) is 9.16. The molecule has 1 aliphatic carbocycles. The van der Waals surface area contributed by atoms with E-state index in [4.69, 9.17) is 14.2 Å². The van der Waals surface area contributed by atoms with Gasteiger partial charge in [0.2, 0.25) is 0 Å². The molecule has 1 atom stereocenters. The fourth-order valence-electron chi connectivity index (χ4n) is 4.34. The maximum Gasteiger partial charge on any atom is 0.340 e. The highest BCUT2D eigenvalue weighted by atomic mass is 16.5. The first-order valence-electron chi connectivity index (χ1n) is 13.1. The number of ether oxygens (including phenoxy) is 3. The predicted octanol–water partition coefficient (Wildman–Crippen LogP) is 6.68. The number of hydrogen-bond donors (Lipinski definition) is 1. The average Bonchev–Trinajstić information content (AvgIpc) is 3.80. The highest BCUT2D eigenvalue weighted by Crippen LogP contribution is 2.38. The molecule has 0 unspecified atom stereocenters. The Hall–Kier alpha value is -3.74. The number of pyridine rings is 1. The van der Waals surface area contributed by atoms with Crippen LogP contribution in [0.1, 0.15) is 56.4 Å². The van der Waals surface area contributed by atoms with Gasteiger partial charge < -0.3 is 24.4 Å². The minimum atomic E-state index is -0.377. The van der Waals surface area contributed by atoms with Gasteiger partial charge in [-0.3, -0.25) is 4.98 Å². The lowest BCUT2D eigenvalue weighted by molar-refractivity contribution is 0.0601. The summed E-state index contributed by atoms with van der Waals surface area (Å²) in [6, 6.07) is 16.3. The van der Waals surface area contributed by atoms with Gasteiger partial charge in [0.15, 0.2) is 0 Å². The maximum absolute atomic E-state index is 12.1. The van der Waals surface area contributed by atoms with E-state index in [0.717, 1.165) is 47.4 Å². The van der Waals surface area contributed by atoms with Crippen molar-refractivity contribution in [2.75, 3.05) is 44.1 Å². The number of fused-ring (bicyclic) bond motifs is 1.